The van der Waals surface area contributed by atoms with Crippen LogP contribution in [0.5, 0.6) is 0 Å². The number of hydrogen-bond acceptors (Lipinski definition) is 3. The molecule has 0 bridgehead atoms. The van der Waals surface area contributed by atoms with Crippen LogP contribution >= 0.6 is 0 Å². The predicted octanol–water partition coefficient (Wildman–Crippen LogP) is 1.62. The van der Waals surface area contributed by atoms with Gasteiger partial charge < -0.3 is 9.72 Å². The fourth-order valence-electron chi connectivity index (χ4n) is 1.68. The minimum absolute atomic E-state index is 0.1000. The molecule has 16 heavy (non-hydrogen) atoms. The number of benzene rings is 1. The second kappa shape index (κ2) is 3.81. The third-order valence-corrected chi connectivity index (χ3v) is 2.40. The van der Waals surface area contributed by atoms with Crippen molar-refractivity contribution in [3.63, 3.8) is 0 Å². The van der Waals surface area contributed by atoms with Gasteiger partial charge in [0.05, 0.1) is 18.2 Å². The number of pyridine rings is 1. The van der Waals surface area contributed by atoms with Crippen LogP contribution in [-0.4, -0.2) is 18.1 Å². The van der Waals surface area contributed by atoms with E-state index in [1.165, 1.54) is 13.2 Å². The summed E-state index contributed by atoms with van der Waals surface area (Å²) < 4.78 is 4.66. The average molecular weight is 217 g/mol. The Balaban J connectivity index is 2.87. The first-order valence-electron chi connectivity index (χ1n) is 4.84. The van der Waals surface area contributed by atoms with Crippen LogP contribution in [0.4, 0.5) is 0 Å². The Kier molecular flexibility index (Phi) is 2.48. The highest BCUT2D eigenvalue weighted by Crippen LogP contribution is 2.14. The summed E-state index contributed by atoms with van der Waals surface area (Å²) in [5.41, 5.74) is 1.52. The Morgan fingerprint density at radius 3 is 2.81 bits per heavy atom. The number of aryl methyl sites for hydroxylation is 1. The zero-order chi connectivity index (χ0) is 11.7. The van der Waals surface area contributed by atoms with Gasteiger partial charge in [0.15, 0.2) is 5.43 Å². The maximum absolute atomic E-state index is 11.7. The molecule has 0 spiro atoms. The molecule has 4 heteroatoms. The molecule has 0 saturated carbocycles. The average Bonchev–Trinajstić information content (AvgIpc) is 2.27. The first kappa shape index (κ1) is 10.4. The lowest BCUT2D eigenvalue weighted by atomic mass is 10.1. The molecule has 4 nitrogen and oxygen atoms in total. The largest absolute Gasteiger partial charge is 0.465 e. The van der Waals surface area contributed by atoms with E-state index in [1.807, 2.05) is 0 Å². The lowest BCUT2D eigenvalue weighted by molar-refractivity contribution is 0.0603. The fourth-order valence-corrected chi connectivity index (χ4v) is 1.68. The van der Waals surface area contributed by atoms with Crippen molar-refractivity contribution < 1.29 is 9.53 Å². The van der Waals surface area contributed by atoms with Gasteiger partial charge in [-0.2, -0.15) is 0 Å². The lowest BCUT2D eigenvalue weighted by Gasteiger charge is -2.05. The molecular weight excluding hydrogens is 206 g/mol. The molecule has 0 radical (unpaired) electrons. The first-order valence-corrected chi connectivity index (χ1v) is 4.84. The summed E-state index contributed by atoms with van der Waals surface area (Å²) in [7, 11) is 1.31. The normalized spacial score (nSPS) is 10.4. The van der Waals surface area contributed by atoms with Crippen LogP contribution in [-0.2, 0) is 4.74 Å². The Morgan fingerprint density at radius 1 is 1.38 bits per heavy atom. The number of fused-ring (bicyclic) bond motifs is 1. The molecule has 0 aliphatic rings. The van der Waals surface area contributed by atoms with E-state index >= 15 is 0 Å². The van der Waals surface area contributed by atoms with E-state index in [9.17, 15) is 9.59 Å². The number of methoxy groups -OCH3 is 1. The number of H-pyrrole nitrogens is 1. The molecule has 2 aromatic rings. The van der Waals surface area contributed by atoms with Crippen molar-refractivity contribution in [1.29, 1.82) is 0 Å². The smallest absolute Gasteiger partial charge is 0.339 e. The van der Waals surface area contributed by atoms with Crippen molar-refractivity contribution >= 4 is 16.9 Å². The van der Waals surface area contributed by atoms with E-state index in [4.69, 9.17) is 0 Å². The molecule has 0 aliphatic heterocycles. The molecule has 0 saturated heterocycles. The number of aromatic nitrogens is 1. The highest BCUT2D eigenvalue weighted by atomic mass is 16.5. The number of carbonyl (C=O) groups is 1. The number of hydrogen-bond donors (Lipinski definition) is 1. The predicted molar refractivity (Wildman–Crippen MR) is 60.6 cm³/mol. The zero-order valence-electron chi connectivity index (χ0n) is 9.03. The monoisotopic (exact) mass is 217 g/mol. The van der Waals surface area contributed by atoms with Crippen LogP contribution in [0, 0.1) is 6.92 Å². The fraction of sp³-hybridized carbons (Fsp3) is 0.167. The van der Waals surface area contributed by atoms with Crippen LogP contribution in [0.2, 0.25) is 0 Å². The number of aromatic amines is 1. The number of nitrogens with one attached hydrogen (secondary N) is 1. The maximum atomic E-state index is 11.7. The summed E-state index contributed by atoms with van der Waals surface area (Å²) in [6.07, 6.45) is 0. The summed E-state index contributed by atoms with van der Waals surface area (Å²) in [6, 6.07) is 6.48. The molecule has 0 amide bonds. The van der Waals surface area contributed by atoms with Gasteiger partial charge in [-0.05, 0) is 19.1 Å². The zero-order valence-corrected chi connectivity index (χ0v) is 9.03. The van der Waals surface area contributed by atoms with Crippen molar-refractivity contribution in [2.75, 3.05) is 7.11 Å². The quantitative estimate of drug-likeness (QED) is 0.738. The van der Waals surface area contributed by atoms with Crippen molar-refractivity contribution in [3.8, 4) is 0 Å². The molecule has 2 rings (SSSR count). The van der Waals surface area contributed by atoms with Gasteiger partial charge in [-0.15, -0.1) is 0 Å². The van der Waals surface area contributed by atoms with Gasteiger partial charge in [-0.1, -0.05) is 6.07 Å². The molecule has 1 heterocycles. The Hall–Kier alpha value is -2.10. The van der Waals surface area contributed by atoms with Gasteiger partial charge in [-0.25, -0.2) is 4.79 Å². The third-order valence-electron chi connectivity index (χ3n) is 2.40. The molecule has 0 unspecified atom stereocenters. The summed E-state index contributed by atoms with van der Waals surface area (Å²) in [6.45, 7) is 1.77. The van der Waals surface area contributed by atoms with Crippen LogP contribution < -0.4 is 5.43 Å². The molecule has 82 valence electrons. The molecule has 0 aliphatic carbocycles. The second-order valence-electron chi connectivity index (χ2n) is 3.54. The van der Waals surface area contributed by atoms with Crippen molar-refractivity contribution in [1.82, 2.24) is 4.98 Å². The Bertz CT molecular complexity index is 613. The van der Waals surface area contributed by atoms with Crippen LogP contribution in [0.15, 0.2) is 29.1 Å². The molecule has 0 fully saturated rings. The number of esters is 1. The molecular formula is C12H11NO3. The van der Waals surface area contributed by atoms with Crippen LogP contribution in [0.3, 0.4) is 0 Å². The summed E-state index contributed by atoms with van der Waals surface area (Å²) >= 11 is 0. The summed E-state index contributed by atoms with van der Waals surface area (Å²) in [5.74, 6) is -0.452. The number of ether oxygens (including phenoxy) is 1. The van der Waals surface area contributed by atoms with Gasteiger partial charge in [0.2, 0.25) is 0 Å². The van der Waals surface area contributed by atoms with E-state index < -0.39 is 5.97 Å². The van der Waals surface area contributed by atoms with E-state index in [0.717, 1.165) is 0 Å². The van der Waals surface area contributed by atoms with E-state index in [1.54, 1.807) is 25.1 Å². The summed E-state index contributed by atoms with van der Waals surface area (Å²) in [5, 5.41) is 0.494. The molecule has 1 aromatic heterocycles. The Labute approximate surface area is 91.9 Å². The standard InChI is InChI=1S/C12H11NO3/c1-7-6-10(14)8-4-3-5-9(11(8)13-7)12(15)16-2/h3-6H,1-2H3,(H,13,14). The number of carbonyl (C=O) groups excluding carboxylic acids is 1. The Morgan fingerprint density at radius 2 is 2.12 bits per heavy atom. The summed E-state index contributed by atoms with van der Waals surface area (Å²) in [4.78, 5) is 26.2. The minimum atomic E-state index is -0.452. The van der Waals surface area contributed by atoms with E-state index in [2.05, 4.69) is 9.72 Å². The van der Waals surface area contributed by atoms with E-state index in [0.29, 0.717) is 22.2 Å². The van der Waals surface area contributed by atoms with Gasteiger partial charge >= 0.3 is 5.97 Å². The first-order chi connectivity index (χ1) is 7.63. The van der Waals surface area contributed by atoms with E-state index in [-0.39, 0.29) is 5.43 Å². The van der Waals surface area contributed by atoms with Crippen LogP contribution in [0.1, 0.15) is 16.1 Å². The molecule has 1 aromatic carbocycles. The minimum Gasteiger partial charge on any atom is -0.465 e. The van der Waals surface area contributed by atoms with Crippen molar-refractivity contribution in [2.45, 2.75) is 6.92 Å². The number of para-hydroxylation sites is 1. The SMILES string of the molecule is COC(=O)c1cccc2c(=O)cc(C)[nH]c12. The highest BCUT2D eigenvalue weighted by Gasteiger charge is 2.11. The lowest BCUT2D eigenvalue weighted by Crippen LogP contribution is -2.08. The van der Waals surface area contributed by atoms with Crippen LogP contribution in [0.25, 0.3) is 10.9 Å². The van der Waals surface area contributed by atoms with Gasteiger partial charge in [0.25, 0.3) is 0 Å². The van der Waals surface area contributed by atoms with Gasteiger partial charge in [0, 0.05) is 17.1 Å². The topological polar surface area (TPSA) is 59.2 Å². The third kappa shape index (κ3) is 1.58. The van der Waals surface area contributed by atoms with Crippen molar-refractivity contribution in [2.24, 2.45) is 0 Å². The molecule has 1 N–H and O–H groups in total. The van der Waals surface area contributed by atoms with Gasteiger partial charge in [-0.3, -0.25) is 4.79 Å². The molecule has 0 atom stereocenters. The second-order valence-corrected chi connectivity index (χ2v) is 3.54. The number of rotatable bonds is 1. The van der Waals surface area contributed by atoms with Crippen molar-refractivity contribution in [3.05, 3.63) is 45.7 Å². The van der Waals surface area contributed by atoms with Gasteiger partial charge in [0.1, 0.15) is 0 Å². The maximum Gasteiger partial charge on any atom is 0.339 e. The highest BCUT2D eigenvalue weighted by molar-refractivity contribution is 6.02.